The lowest BCUT2D eigenvalue weighted by Crippen LogP contribution is -2.39. The lowest BCUT2D eigenvalue weighted by Gasteiger charge is -2.32. The van der Waals surface area contributed by atoms with Crippen molar-refractivity contribution < 1.29 is 27.4 Å². The molecule has 1 unspecified atom stereocenters. The zero-order chi connectivity index (χ0) is 29.6. The number of para-hydroxylation sites is 1. The molecule has 0 fully saturated rings. The summed E-state index contributed by atoms with van der Waals surface area (Å²) in [4.78, 5) is 34.1. The predicted molar refractivity (Wildman–Crippen MR) is 151 cm³/mol. The van der Waals surface area contributed by atoms with Crippen molar-refractivity contribution in [3.63, 3.8) is 0 Å². The van der Waals surface area contributed by atoms with Gasteiger partial charge in [0.15, 0.2) is 0 Å². The number of amides is 1. The van der Waals surface area contributed by atoms with Gasteiger partial charge in [0.25, 0.3) is 11.5 Å². The summed E-state index contributed by atoms with van der Waals surface area (Å²) in [6, 6.07) is 17.5. The van der Waals surface area contributed by atoms with Crippen LogP contribution in [-0.4, -0.2) is 47.2 Å². The Morgan fingerprint density at radius 2 is 1.76 bits per heavy atom. The van der Waals surface area contributed by atoms with Crippen LogP contribution in [0.1, 0.15) is 54.5 Å². The molecule has 0 saturated carbocycles. The van der Waals surface area contributed by atoms with Gasteiger partial charge in [-0.1, -0.05) is 25.1 Å². The molecule has 0 bridgehead atoms. The van der Waals surface area contributed by atoms with E-state index in [0.29, 0.717) is 54.2 Å². The standard InChI is InChI=1S/C31H32F3N3O4/c1-4-27(36(18-9-19-40-3)29(38)21-10-8-11-22(20-21)31(32,33)34)28-35-26-13-7-6-12-25(26)30(39)37(28)23-14-16-24(17-15-23)41-5-2/h6-8,10-17,20,27H,4-5,9,18-19H2,1-3H3. The van der Waals surface area contributed by atoms with Crippen molar-refractivity contribution >= 4 is 16.8 Å². The molecule has 4 rings (SSSR count). The maximum atomic E-state index is 13.9. The summed E-state index contributed by atoms with van der Waals surface area (Å²) in [6.45, 7) is 4.70. The molecule has 0 N–H and O–H groups in total. The number of alkyl halides is 3. The van der Waals surface area contributed by atoms with Crippen molar-refractivity contribution in [2.75, 3.05) is 26.9 Å². The molecule has 0 aliphatic carbocycles. The highest BCUT2D eigenvalue weighted by molar-refractivity contribution is 5.94. The number of rotatable bonds is 11. The molecular formula is C31H32F3N3O4. The second kappa shape index (κ2) is 13.0. The van der Waals surface area contributed by atoms with Crippen LogP contribution >= 0.6 is 0 Å². The van der Waals surface area contributed by atoms with Gasteiger partial charge in [-0.3, -0.25) is 14.2 Å². The molecule has 41 heavy (non-hydrogen) atoms. The number of benzene rings is 3. The van der Waals surface area contributed by atoms with E-state index in [0.717, 1.165) is 12.1 Å². The van der Waals surface area contributed by atoms with Crippen molar-refractivity contribution in [1.29, 1.82) is 0 Å². The summed E-state index contributed by atoms with van der Waals surface area (Å²) in [5.41, 5.74) is -0.364. The van der Waals surface area contributed by atoms with Crippen LogP contribution in [0.15, 0.2) is 77.6 Å². The number of carbonyl (C=O) groups is 1. The maximum absolute atomic E-state index is 13.9. The largest absolute Gasteiger partial charge is 0.494 e. The van der Waals surface area contributed by atoms with E-state index in [4.69, 9.17) is 14.5 Å². The van der Waals surface area contributed by atoms with Gasteiger partial charge in [-0.05, 0) is 74.4 Å². The topological polar surface area (TPSA) is 73.7 Å². The highest BCUT2D eigenvalue weighted by atomic mass is 19.4. The Morgan fingerprint density at radius 1 is 1.02 bits per heavy atom. The lowest BCUT2D eigenvalue weighted by molar-refractivity contribution is -0.137. The van der Waals surface area contributed by atoms with Crippen molar-refractivity contribution in [2.45, 2.75) is 38.9 Å². The summed E-state index contributed by atoms with van der Waals surface area (Å²) >= 11 is 0. The molecule has 1 amide bonds. The molecule has 0 aliphatic rings. The first-order valence-corrected chi connectivity index (χ1v) is 13.4. The number of halogens is 3. The zero-order valence-corrected chi connectivity index (χ0v) is 23.1. The molecule has 7 nitrogen and oxygen atoms in total. The minimum Gasteiger partial charge on any atom is -0.494 e. The molecular weight excluding hydrogens is 535 g/mol. The first-order valence-electron chi connectivity index (χ1n) is 13.4. The van der Waals surface area contributed by atoms with Crippen molar-refractivity contribution in [2.24, 2.45) is 0 Å². The quantitative estimate of drug-likeness (QED) is 0.195. The molecule has 3 aromatic carbocycles. The van der Waals surface area contributed by atoms with E-state index in [1.54, 1.807) is 48.5 Å². The van der Waals surface area contributed by atoms with Crippen LogP contribution in [0.5, 0.6) is 5.75 Å². The molecule has 0 saturated heterocycles. The molecule has 0 radical (unpaired) electrons. The molecule has 10 heteroatoms. The van der Waals surface area contributed by atoms with Gasteiger partial charge >= 0.3 is 6.18 Å². The van der Waals surface area contributed by atoms with Gasteiger partial charge in [0.1, 0.15) is 11.6 Å². The SMILES string of the molecule is CCOc1ccc(-n2c(C(CC)N(CCCOC)C(=O)c3cccc(C(F)(F)F)c3)nc3ccccc3c2=O)cc1. The number of fused-ring (bicyclic) bond motifs is 1. The molecule has 1 aromatic heterocycles. The molecule has 216 valence electrons. The van der Waals surface area contributed by atoms with Crippen molar-refractivity contribution in [3.8, 4) is 11.4 Å². The van der Waals surface area contributed by atoms with E-state index in [1.165, 1.54) is 28.7 Å². The Kier molecular flexibility index (Phi) is 9.44. The number of ether oxygens (including phenoxy) is 2. The lowest BCUT2D eigenvalue weighted by atomic mass is 10.1. The number of methoxy groups -OCH3 is 1. The van der Waals surface area contributed by atoms with Crippen LogP contribution in [0, 0.1) is 0 Å². The maximum Gasteiger partial charge on any atom is 0.416 e. The number of aromatic nitrogens is 2. The first-order chi connectivity index (χ1) is 19.7. The third-order valence-electron chi connectivity index (χ3n) is 6.71. The highest BCUT2D eigenvalue weighted by Crippen LogP contribution is 2.32. The fourth-order valence-corrected chi connectivity index (χ4v) is 4.80. The van der Waals surface area contributed by atoms with Crippen molar-refractivity contribution in [1.82, 2.24) is 14.5 Å². The first kappa shape index (κ1) is 29.8. The van der Waals surface area contributed by atoms with E-state index in [1.807, 2.05) is 13.8 Å². The minimum absolute atomic E-state index is 0.105. The Morgan fingerprint density at radius 3 is 2.41 bits per heavy atom. The molecule has 1 heterocycles. The predicted octanol–water partition coefficient (Wildman–Crippen LogP) is 6.43. The van der Waals surface area contributed by atoms with E-state index < -0.39 is 23.7 Å². The summed E-state index contributed by atoms with van der Waals surface area (Å²) in [5.74, 6) is 0.338. The summed E-state index contributed by atoms with van der Waals surface area (Å²) in [6.07, 6.45) is -3.83. The van der Waals surface area contributed by atoms with Gasteiger partial charge in [0, 0.05) is 25.8 Å². The van der Waals surface area contributed by atoms with E-state index in [2.05, 4.69) is 0 Å². The van der Waals surface area contributed by atoms with Crippen LogP contribution in [-0.2, 0) is 10.9 Å². The van der Waals surface area contributed by atoms with Crippen LogP contribution in [0.4, 0.5) is 13.2 Å². The average Bonchev–Trinajstić information content (AvgIpc) is 2.97. The summed E-state index contributed by atoms with van der Waals surface area (Å²) in [7, 11) is 1.53. The van der Waals surface area contributed by atoms with Gasteiger partial charge in [-0.2, -0.15) is 13.2 Å². The Balaban J connectivity index is 1.90. The summed E-state index contributed by atoms with van der Waals surface area (Å²) < 4.78 is 52.7. The van der Waals surface area contributed by atoms with E-state index >= 15 is 0 Å². The number of hydrogen-bond donors (Lipinski definition) is 0. The minimum atomic E-state index is -4.60. The van der Waals surface area contributed by atoms with Gasteiger partial charge in [0.2, 0.25) is 0 Å². The van der Waals surface area contributed by atoms with Crippen molar-refractivity contribution in [3.05, 3.63) is 100 Å². The Bertz CT molecular complexity index is 1550. The second-order valence-electron chi connectivity index (χ2n) is 9.40. The number of nitrogens with zero attached hydrogens (tertiary/aromatic N) is 3. The second-order valence-corrected chi connectivity index (χ2v) is 9.40. The average molecular weight is 568 g/mol. The smallest absolute Gasteiger partial charge is 0.416 e. The van der Waals surface area contributed by atoms with Crippen LogP contribution < -0.4 is 10.3 Å². The molecule has 0 aliphatic heterocycles. The van der Waals surface area contributed by atoms with Gasteiger partial charge in [-0.25, -0.2) is 4.98 Å². The number of hydrogen-bond acceptors (Lipinski definition) is 5. The Hall–Kier alpha value is -4.18. The molecule has 4 aromatic rings. The zero-order valence-electron chi connectivity index (χ0n) is 23.1. The van der Waals surface area contributed by atoms with Gasteiger partial charge < -0.3 is 14.4 Å². The van der Waals surface area contributed by atoms with Crippen LogP contribution in [0.2, 0.25) is 0 Å². The van der Waals surface area contributed by atoms with Crippen LogP contribution in [0.25, 0.3) is 16.6 Å². The third kappa shape index (κ3) is 6.59. The van der Waals surface area contributed by atoms with Crippen LogP contribution in [0.3, 0.4) is 0 Å². The van der Waals surface area contributed by atoms with Gasteiger partial charge in [-0.15, -0.1) is 0 Å². The fourth-order valence-electron chi connectivity index (χ4n) is 4.80. The molecule has 1 atom stereocenters. The third-order valence-corrected chi connectivity index (χ3v) is 6.71. The fraction of sp³-hybridized carbons (Fsp3) is 0.323. The normalized spacial score (nSPS) is 12.3. The number of carbonyl (C=O) groups excluding carboxylic acids is 1. The monoisotopic (exact) mass is 567 g/mol. The summed E-state index contributed by atoms with van der Waals surface area (Å²) in [5, 5.41) is 0.398. The van der Waals surface area contributed by atoms with E-state index in [-0.39, 0.29) is 17.7 Å². The highest BCUT2D eigenvalue weighted by Gasteiger charge is 2.33. The molecule has 0 spiro atoms. The van der Waals surface area contributed by atoms with E-state index in [9.17, 15) is 22.8 Å². The van der Waals surface area contributed by atoms with Gasteiger partial charge in [0.05, 0.1) is 34.8 Å². The Labute approximate surface area is 236 Å².